The largest absolute Gasteiger partial charge is 0.482 e. The lowest BCUT2D eigenvalue weighted by molar-refractivity contribution is 0.0554. The van der Waals surface area contributed by atoms with Gasteiger partial charge in [0.1, 0.15) is 12.2 Å². The van der Waals surface area contributed by atoms with Gasteiger partial charge in [0, 0.05) is 19.9 Å². The Morgan fingerprint density at radius 1 is 1.04 bits per heavy atom. The van der Waals surface area contributed by atoms with Crippen LogP contribution >= 0.6 is 0 Å². The van der Waals surface area contributed by atoms with Crippen molar-refractivity contribution in [3.63, 3.8) is 0 Å². The van der Waals surface area contributed by atoms with Gasteiger partial charge in [0.25, 0.3) is 0 Å². The first-order valence-corrected chi connectivity index (χ1v) is 8.56. The third-order valence-corrected chi connectivity index (χ3v) is 4.10. The number of ether oxygens (including phenoxy) is 4. The van der Waals surface area contributed by atoms with Crippen LogP contribution in [0.25, 0.3) is 0 Å². The molecule has 0 aliphatic heterocycles. The van der Waals surface area contributed by atoms with Crippen molar-refractivity contribution in [2.75, 3.05) is 21.3 Å². The fraction of sp³-hybridized carbons (Fsp3) is 0.350. The third kappa shape index (κ3) is 4.77. The van der Waals surface area contributed by atoms with Crippen molar-refractivity contribution in [1.82, 2.24) is 4.57 Å². The van der Waals surface area contributed by atoms with Crippen LogP contribution in [0.2, 0.25) is 0 Å². The predicted octanol–water partition coefficient (Wildman–Crippen LogP) is 2.04. The van der Waals surface area contributed by atoms with E-state index in [1.54, 1.807) is 6.92 Å². The maximum atomic E-state index is 12.9. The number of nitrogens with zero attached hydrogens (tertiary/aromatic N) is 1. The molecule has 150 valence electrons. The van der Waals surface area contributed by atoms with E-state index in [1.807, 2.05) is 30.3 Å². The molecule has 0 bridgehead atoms. The van der Waals surface area contributed by atoms with E-state index in [9.17, 15) is 14.4 Å². The second kappa shape index (κ2) is 9.70. The first-order chi connectivity index (χ1) is 13.4. The summed E-state index contributed by atoms with van der Waals surface area (Å²) in [6.45, 7) is 2.00. The maximum absolute atomic E-state index is 12.9. The molecule has 8 heteroatoms. The van der Waals surface area contributed by atoms with Crippen molar-refractivity contribution in [1.29, 1.82) is 0 Å². The third-order valence-electron chi connectivity index (χ3n) is 4.10. The van der Waals surface area contributed by atoms with E-state index in [2.05, 4.69) is 0 Å². The fourth-order valence-corrected chi connectivity index (χ4v) is 2.56. The minimum atomic E-state index is -0.829. The summed E-state index contributed by atoms with van der Waals surface area (Å²) in [6, 6.07) is 9.12. The quantitative estimate of drug-likeness (QED) is 0.638. The summed E-state index contributed by atoms with van der Waals surface area (Å²) < 4.78 is 21.9. The number of carbonyl (C=O) groups excluding carboxylic acids is 2. The van der Waals surface area contributed by atoms with Gasteiger partial charge in [-0.15, -0.1) is 0 Å². The van der Waals surface area contributed by atoms with Crippen LogP contribution in [0.3, 0.4) is 0 Å². The van der Waals surface area contributed by atoms with E-state index in [4.69, 9.17) is 18.9 Å². The molecule has 1 unspecified atom stereocenters. The summed E-state index contributed by atoms with van der Waals surface area (Å²) in [6.07, 6.45) is 0.948. The molecule has 2 aromatic rings. The summed E-state index contributed by atoms with van der Waals surface area (Å²) >= 11 is 0. The van der Waals surface area contributed by atoms with Crippen molar-refractivity contribution in [3.8, 4) is 5.75 Å². The Morgan fingerprint density at radius 3 is 2.25 bits per heavy atom. The molecule has 0 fully saturated rings. The van der Waals surface area contributed by atoms with Gasteiger partial charge in [-0.2, -0.15) is 0 Å². The molecule has 0 saturated heterocycles. The molecular weight excluding hydrogens is 366 g/mol. The first kappa shape index (κ1) is 21.2. The molecule has 1 atom stereocenters. The number of esters is 2. The summed E-state index contributed by atoms with van der Waals surface area (Å²) in [7, 11) is 3.88. The van der Waals surface area contributed by atoms with Gasteiger partial charge in [-0.25, -0.2) is 9.59 Å². The fourth-order valence-electron chi connectivity index (χ4n) is 2.56. The lowest BCUT2D eigenvalue weighted by atomic mass is 10.2. The van der Waals surface area contributed by atoms with Gasteiger partial charge >= 0.3 is 11.9 Å². The number of pyridine rings is 1. The molecule has 1 aromatic carbocycles. The highest BCUT2D eigenvalue weighted by molar-refractivity contribution is 5.94. The molecule has 1 aromatic heterocycles. The number of hydrogen-bond donors (Lipinski definition) is 0. The van der Waals surface area contributed by atoms with Crippen LogP contribution in [-0.2, 0) is 27.4 Å². The second-order valence-electron chi connectivity index (χ2n) is 6.01. The van der Waals surface area contributed by atoms with Crippen LogP contribution in [0, 0.1) is 0 Å². The van der Waals surface area contributed by atoms with Crippen LogP contribution in [0.4, 0.5) is 0 Å². The number of hydrogen-bond acceptors (Lipinski definition) is 7. The zero-order chi connectivity index (χ0) is 20.7. The van der Waals surface area contributed by atoms with Crippen molar-refractivity contribution >= 4 is 11.9 Å². The van der Waals surface area contributed by atoms with Gasteiger partial charge in [0.15, 0.2) is 11.4 Å². The monoisotopic (exact) mass is 389 g/mol. The molecule has 0 amide bonds. The van der Waals surface area contributed by atoms with Crippen molar-refractivity contribution < 1.29 is 28.5 Å². The normalized spacial score (nSPS) is 11.6. The molecule has 1 heterocycles. The standard InChI is InChI=1S/C20H23NO7/c1-13(25-2)10-21-11-15(19(23)26-3)17(22)18(16(21)20(24)27-4)28-12-14-8-6-5-7-9-14/h5-9,11,13H,10,12H2,1-4H3. The van der Waals surface area contributed by atoms with E-state index in [-0.39, 0.29) is 36.3 Å². The number of rotatable bonds is 8. The van der Waals surface area contributed by atoms with E-state index >= 15 is 0 Å². The van der Waals surface area contributed by atoms with E-state index < -0.39 is 17.4 Å². The number of benzene rings is 1. The summed E-state index contributed by atoms with van der Waals surface area (Å²) in [4.78, 5) is 37.4. The maximum Gasteiger partial charge on any atom is 0.358 e. The van der Waals surface area contributed by atoms with E-state index in [1.165, 1.54) is 32.1 Å². The minimum Gasteiger partial charge on any atom is -0.482 e. The Morgan fingerprint density at radius 2 is 1.68 bits per heavy atom. The van der Waals surface area contributed by atoms with Crippen LogP contribution in [0.15, 0.2) is 41.3 Å². The molecule has 0 aliphatic carbocycles. The molecule has 0 saturated carbocycles. The van der Waals surface area contributed by atoms with Gasteiger partial charge in [0.2, 0.25) is 5.43 Å². The lowest BCUT2D eigenvalue weighted by Crippen LogP contribution is -2.29. The van der Waals surface area contributed by atoms with Gasteiger partial charge in [-0.05, 0) is 12.5 Å². The van der Waals surface area contributed by atoms with Gasteiger partial charge in [-0.1, -0.05) is 30.3 Å². The summed E-state index contributed by atoms with van der Waals surface area (Å²) in [5.74, 6) is -1.87. The molecule has 8 nitrogen and oxygen atoms in total. The van der Waals surface area contributed by atoms with Crippen molar-refractivity contribution in [3.05, 3.63) is 63.6 Å². The van der Waals surface area contributed by atoms with E-state index in [0.29, 0.717) is 0 Å². The summed E-state index contributed by atoms with van der Waals surface area (Å²) in [5, 5.41) is 0. The Labute approximate surface area is 162 Å². The van der Waals surface area contributed by atoms with Crippen LogP contribution in [0.5, 0.6) is 5.75 Å². The topological polar surface area (TPSA) is 93.1 Å². The van der Waals surface area contributed by atoms with Gasteiger partial charge in [0.05, 0.1) is 20.3 Å². The number of methoxy groups -OCH3 is 3. The van der Waals surface area contributed by atoms with Gasteiger partial charge in [-0.3, -0.25) is 4.79 Å². The highest BCUT2D eigenvalue weighted by atomic mass is 16.5. The molecule has 0 aliphatic rings. The predicted molar refractivity (Wildman–Crippen MR) is 101 cm³/mol. The van der Waals surface area contributed by atoms with Crippen molar-refractivity contribution in [2.24, 2.45) is 0 Å². The number of aromatic nitrogens is 1. The highest BCUT2D eigenvalue weighted by Crippen LogP contribution is 2.20. The number of carbonyl (C=O) groups is 2. The van der Waals surface area contributed by atoms with Crippen LogP contribution in [0.1, 0.15) is 33.3 Å². The van der Waals surface area contributed by atoms with Gasteiger partial charge < -0.3 is 23.5 Å². The zero-order valence-corrected chi connectivity index (χ0v) is 16.3. The molecule has 0 spiro atoms. The molecule has 28 heavy (non-hydrogen) atoms. The van der Waals surface area contributed by atoms with Crippen molar-refractivity contribution in [2.45, 2.75) is 26.2 Å². The molecular formula is C20H23NO7. The SMILES string of the molecule is COC(=O)c1cn(CC(C)OC)c(C(=O)OC)c(OCc2ccccc2)c1=O. The highest BCUT2D eigenvalue weighted by Gasteiger charge is 2.27. The Balaban J connectivity index is 2.62. The average molecular weight is 389 g/mol. The van der Waals surface area contributed by atoms with Crippen LogP contribution in [-0.4, -0.2) is 43.9 Å². The Bertz CT molecular complexity index is 889. The Kier molecular flexibility index (Phi) is 7.34. The average Bonchev–Trinajstić information content (AvgIpc) is 2.72. The lowest BCUT2D eigenvalue weighted by Gasteiger charge is -2.20. The smallest absolute Gasteiger partial charge is 0.358 e. The van der Waals surface area contributed by atoms with E-state index in [0.717, 1.165) is 5.56 Å². The van der Waals surface area contributed by atoms with Crippen LogP contribution < -0.4 is 10.2 Å². The Hall–Kier alpha value is -3.13. The molecule has 2 rings (SSSR count). The molecule has 0 N–H and O–H groups in total. The summed E-state index contributed by atoms with van der Waals surface area (Å²) in [5.41, 5.74) is -0.302. The zero-order valence-electron chi connectivity index (χ0n) is 16.3. The first-order valence-electron chi connectivity index (χ1n) is 8.56. The second-order valence-corrected chi connectivity index (χ2v) is 6.01. The minimum absolute atomic E-state index is 0.0323. The molecule has 0 radical (unpaired) electrons.